The molecule has 2 aliphatic rings. The molecule has 4 nitrogen and oxygen atoms in total. The van der Waals surface area contributed by atoms with Crippen LogP contribution in [-0.2, 0) is 4.74 Å². The van der Waals surface area contributed by atoms with Crippen LogP contribution in [0.1, 0.15) is 49.2 Å². The van der Waals surface area contributed by atoms with E-state index in [-0.39, 0.29) is 6.10 Å². The number of nitrogens with one attached hydrogen (secondary N) is 1. The first-order chi connectivity index (χ1) is 9.65. The van der Waals surface area contributed by atoms with Gasteiger partial charge in [-0.05, 0) is 35.8 Å². The maximum atomic E-state index is 5.85. The summed E-state index contributed by atoms with van der Waals surface area (Å²) in [6.07, 6.45) is 5.08. The monoisotopic (exact) mass is 357 g/mol. The van der Waals surface area contributed by atoms with Crippen LogP contribution in [0.5, 0.6) is 0 Å². The van der Waals surface area contributed by atoms with Crippen LogP contribution in [0.25, 0.3) is 0 Å². The first-order valence-corrected chi connectivity index (χ1v) is 8.45. The van der Waals surface area contributed by atoms with Gasteiger partial charge in [-0.15, -0.1) is 0 Å². The van der Waals surface area contributed by atoms with Crippen molar-refractivity contribution in [2.24, 2.45) is 0 Å². The molecule has 1 aromatic rings. The highest BCUT2D eigenvalue weighted by molar-refractivity contribution is 9.10. The second kappa shape index (κ2) is 6.22. The highest BCUT2D eigenvalue weighted by atomic mass is 79.9. The number of nitrogens with zero attached hydrogens (tertiary/aromatic N) is 2. The van der Waals surface area contributed by atoms with Crippen LogP contribution in [0.4, 0.5) is 0 Å². The van der Waals surface area contributed by atoms with E-state index in [1.807, 2.05) is 0 Å². The molecule has 1 aliphatic carbocycles. The van der Waals surface area contributed by atoms with Gasteiger partial charge in [-0.3, -0.25) is 0 Å². The summed E-state index contributed by atoms with van der Waals surface area (Å²) < 4.78 is 7.47. The van der Waals surface area contributed by atoms with Gasteiger partial charge in [-0.2, -0.15) is 0 Å². The minimum Gasteiger partial charge on any atom is -0.368 e. The lowest BCUT2D eigenvalue weighted by Crippen LogP contribution is -2.36. The van der Waals surface area contributed by atoms with Gasteiger partial charge in [0, 0.05) is 24.7 Å². The molecule has 3 rings (SSSR count). The number of rotatable bonds is 2. The summed E-state index contributed by atoms with van der Waals surface area (Å²) in [5.41, 5.74) is 1.22. The molecule has 2 fully saturated rings. The third-order valence-corrected chi connectivity index (χ3v) is 5.61. The number of H-pyrrole nitrogens is 1. The Labute approximate surface area is 133 Å². The van der Waals surface area contributed by atoms with E-state index in [1.54, 1.807) is 0 Å². The van der Waals surface area contributed by atoms with Crippen molar-refractivity contribution in [3.8, 4) is 0 Å². The van der Waals surface area contributed by atoms with Crippen molar-refractivity contribution in [1.29, 1.82) is 0 Å². The fraction of sp³-hybridized carbons (Fsp3) is 0.714. The molecule has 1 saturated heterocycles. The van der Waals surface area contributed by atoms with Crippen molar-refractivity contribution in [2.45, 2.75) is 37.7 Å². The summed E-state index contributed by atoms with van der Waals surface area (Å²) in [6, 6.07) is 0. The number of hydrogen-bond acceptors (Lipinski definition) is 4. The highest BCUT2D eigenvalue weighted by Gasteiger charge is 2.26. The smallest absolute Gasteiger partial charge is 0.144 e. The molecular formula is C14H20BrN3OS. The van der Waals surface area contributed by atoms with Crippen molar-refractivity contribution < 1.29 is 4.74 Å². The summed E-state index contributed by atoms with van der Waals surface area (Å²) in [5, 5.41) is 0. The molecule has 1 aliphatic heterocycles. The lowest BCUT2D eigenvalue weighted by molar-refractivity contribution is -0.0257. The highest BCUT2D eigenvalue weighted by Crippen LogP contribution is 2.37. The van der Waals surface area contributed by atoms with Gasteiger partial charge in [-0.1, -0.05) is 25.1 Å². The minimum atomic E-state index is 0.00343. The molecule has 6 heteroatoms. The molecule has 1 atom stereocenters. The molecule has 1 unspecified atom stereocenters. The molecule has 110 valence electrons. The largest absolute Gasteiger partial charge is 0.368 e. The number of morpholine rings is 1. The second-order valence-electron chi connectivity index (χ2n) is 5.76. The Hall–Kier alpha value is -0.300. The molecule has 0 amide bonds. The Morgan fingerprint density at radius 3 is 2.85 bits per heavy atom. The van der Waals surface area contributed by atoms with Gasteiger partial charge in [0.15, 0.2) is 0 Å². The first-order valence-electron chi connectivity index (χ1n) is 7.25. The standard InChI is InChI=1S/C14H20BrN3OS/c1-18-6-7-19-10(8-18)13-16-12(9-4-2-3-5-9)11(15)14(20)17-13/h9-10H,2-8H2,1H3,(H,16,17,20). The van der Waals surface area contributed by atoms with Crippen molar-refractivity contribution >= 4 is 28.1 Å². The Bertz CT molecular complexity index is 542. The Morgan fingerprint density at radius 1 is 1.40 bits per heavy atom. The Morgan fingerprint density at radius 2 is 2.15 bits per heavy atom. The van der Waals surface area contributed by atoms with Gasteiger partial charge >= 0.3 is 0 Å². The van der Waals surface area contributed by atoms with Crippen molar-refractivity contribution in [1.82, 2.24) is 14.9 Å². The summed E-state index contributed by atoms with van der Waals surface area (Å²) in [7, 11) is 2.11. The second-order valence-corrected chi connectivity index (χ2v) is 6.94. The van der Waals surface area contributed by atoms with Crippen LogP contribution in [0.3, 0.4) is 0 Å². The first kappa shape index (κ1) is 14.6. The van der Waals surface area contributed by atoms with E-state index in [4.69, 9.17) is 17.0 Å². The number of aromatic amines is 1. The van der Waals surface area contributed by atoms with Crippen LogP contribution < -0.4 is 0 Å². The SMILES string of the molecule is CN1CCOC(c2nc(=S)c(Br)c(C3CCCC3)[nH]2)C1. The third-order valence-electron chi connectivity index (χ3n) is 4.25. The third kappa shape index (κ3) is 2.98. The fourth-order valence-electron chi connectivity index (χ4n) is 3.09. The normalized spacial score (nSPS) is 25.2. The predicted octanol–water partition coefficient (Wildman–Crippen LogP) is 3.56. The van der Waals surface area contributed by atoms with Crippen molar-refractivity contribution in [2.75, 3.05) is 26.7 Å². The van der Waals surface area contributed by atoms with Crippen LogP contribution in [-0.4, -0.2) is 41.6 Å². The van der Waals surface area contributed by atoms with E-state index in [2.05, 4.69) is 37.8 Å². The van der Waals surface area contributed by atoms with E-state index >= 15 is 0 Å². The molecule has 1 saturated carbocycles. The zero-order valence-electron chi connectivity index (χ0n) is 11.7. The van der Waals surface area contributed by atoms with Gasteiger partial charge in [0.1, 0.15) is 16.6 Å². The van der Waals surface area contributed by atoms with E-state index in [9.17, 15) is 0 Å². The number of halogens is 1. The van der Waals surface area contributed by atoms with Gasteiger partial charge in [0.25, 0.3) is 0 Å². The Kier molecular flexibility index (Phi) is 4.55. The lowest BCUT2D eigenvalue weighted by atomic mass is 10.0. The summed E-state index contributed by atoms with van der Waals surface area (Å²) in [6.45, 7) is 2.59. The fourth-order valence-corrected chi connectivity index (χ4v) is 3.81. The van der Waals surface area contributed by atoms with Gasteiger partial charge in [-0.25, -0.2) is 4.98 Å². The zero-order chi connectivity index (χ0) is 14.1. The topological polar surface area (TPSA) is 41.1 Å². The Balaban J connectivity index is 1.93. The molecule has 0 spiro atoms. The summed E-state index contributed by atoms with van der Waals surface area (Å²) in [4.78, 5) is 10.3. The molecule has 1 N–H and O–H groups in total. The van der Waals surface area contributed by atoms with Crippen LogP contribution in [0.15, 0.2) is 4.47 Å². The van der Waals surface area contributed by atoms with Crippen molar-refractivity contribution in [3.63, 3.8) is 0 Å². The predicted molar refractivity (Wildman–Crippen MR) is 84.5 cm³/mol. The van der Waals surface area contributed by atoms with E-state index < -0.39 is 0 Å². The van der Waals surface area contributed by atoms with E-state index in [0.717, 1.165) is 30.0 Å². The number of hydrogen-bond donors (Lipinski definition) is 1. The summed E-state index contributed by atoms with van der Waals surface area (Å²) in [5.74, 6) is 1.46. The number of ether oxygens (including phenoxy) is 1. The van der Waals surface area contributed by atoms with Gasteiger partial charge in [0.05, 0.1) is 11.1 Å². The maximum absolute atomic E-state index is 5.85. The van der Waals surface area contributed by atoms with Crippen LogP contribution in [0.2, 0.25) is 0 Å². The lowest BCUT2D eigenvalue weighted by Gasteiger charge is -2.30. The van der Waals surface area contributed by atoms with Crippen molar-refractivity contribution in [3.05, 3.63) is 20.6 Å². The molecule has 0 radical (unpaired) electrons. The van der Waals surface area contributed by atoms with E-state index in [1.165, 1.54) is 31.4 Å². The van der Waals surface area contributed by atoms with Crippen LogP contribution in [0, 0.1) is 4.64 Å². The average Bonchev–Trinajstić information content (AvgIpc) is 2.95. The molecule has 2 heterocycles. The van der Waals surface area contributed by atoms with Gasteiger partial charge < -0.3 is 14.6 Å². The van der Waals surface area contributed by atoms with E-state index in [0.29, 0.717) is 10.6 Å². The number of aromatic nitrogens is 2. The molecular weight excluding hydrogens is 338 g/mol. The quantitative estimate of drug-likeness (QED) is 0.821. The van der Waals surface area contributed by atoms with Gasteiger partial charge in [0.2, 0.25) is 0 Å². The zero-order valence-corrected chi connectivity index (χ0v) is 14.1. The molecule has 20 heavy (non-hydrogen) atoms. The maximum Gasteiger partial charge on any atom is 0.144 e. The average molecular weight is 358 g/mol. The molecule has 1 aromatic heterocycles. The summed E-state index contributed by atoms with van der Waals surface area (Å²) >= 11 is 9.03. The molecule has 0 aromatic carbocycles. The van der Waals surface area contributed by atoms with Crippen LogP contribution >= 0.6 is 28.1 Å². The number of likely N-dealkylation sites (N-methyl/N-ethyl adjacent to an activating group) is 1. The minimum absolute atomic E-state index is 0.00343. The molecule has 0 bridgehead atoms.